The fourth-order valence-corrected chi connectivity index (χ4v) is 7.42. The van der Waals surface area contributed by atoms with Gasteiger partial charge in [0.05, 0.1) is 16.6 Å². The lowest BCUT2D eigenvalue weighted by molar-refractivity contribution is -0.508. The number of para-hydroxylation sites is 2. The van der Waals surface area contributed by atoms with Crippen molar-refractivity contribution in [2.24, 2.45) is 0 Å². The molecule has 1 aliphatic heterocycles. The number of hydrogen-bond acceptors (Lipinski definition) is 2. The summed E-state index contributed by atoms with van der Waals surface area (Å²) >= 11 is 0. The minimum atomic E-state index is -1.32. The van der Waals surface area contributed by atoms with E-state index in [4.69, 9.17) is 0 Å². The first-order valence-corrected chi connectivity index (χ1v) is 12.3. The van der Waals surface area contributed by atoms with Crippen LogP contribution in [0.25, 0.3) is 0 Å². The van der Waals surface area contributed by atoms with Crippen LogP contribution in [0, 0.1) is 0 Å². The van der Waals surface area contributed by atoms with Gasteiger partial charge in [-0.05, 0) is 77.9 Å². The summed E-state index contributed by atoms with van der Waals surface area (Å²) in [7, 11) is -1.32. The normalized spacial score (nSPS) is 15.1. The van der Waals surface area contributed by atoms with E-state index in [1.165, 1.54) is 22.8 Å². The summed E-state index contributed by atoms with van der Waals surface area (Å²) in [6.07, 6.45) is 0. The largest absolute Gasteiger partial charge is 0.707 e. The van der Waals surface area contributed by atoms with E-state index in [1.807, 2.05) is 0 Å². The molecule has 1 aliphatic rings. The molecule has 31 heavy (non-hydrogen) atoms. The van der Waals surface area contributed by atoms with Gasteiger partial charge in [-0.1, -0.05) is 54.6 Å². The van der Waals surface area contributed by atoms with Crippen LogP contribution >= 0.6 is 0 Å². The van der Waals surface area contributed by atoms with Crippen molar-refractivity contribution in [2.75, 3.05) is 4.57 Å². The van der Waals surface area contributed by atoms with Gasteiger partial charge in [-0.25, -0.2) is 8.81 Å². The molecule has 0 fully saturated rings. The average molecular weight is 428 g/mol. The van der Waals surface area contributed by atoms with Gasteiger partial charge in [0.15, 0.2) is 0 Å². The van der Waals surface area contributed by atoms with Gasteiger partial charge in [-0.15, -0.1) is 0 Å². The Bertz CT molecular complexity index is 1010. The molecule has 0 amide bonds. The summed E-state index contributed by atoms with van der Waals surface area (Å²) in [5.41, 5.74) is 3.73. The lowest BCUT2D eigenvalue weighted by atomic mass is 10.1. The van der Waals surface area contributed by atoms with E-state index < -0.39 is 9.28 Å². The smallest absolute Gasteiger partial charge is 0.292 e. The van der Waals surface area contributed by atoms with Crippen molar-refractivity contribution in [1.82, 2.24) is 4.57 Å². The molecular weight excluding hydrogens is 394 g/mol. The molecule has 0 N–H and O–H groups in total. The minimum Gasteiger partial charge on any atom is -0.292 e. The highest BCUT2D eigenvalue weighted by Gasteiger charge is 2.65. The van der Waals surface area contributed by atoms with Crippen molar-refractivity contribution in [3.8, 4) is 0 Å². The Morgan fingerprint density at radius 1 is 0.645 bits per heavy atom. The van der Waals surface area contributed by atoms with Gasteiger partial charge < -0.3 is 0 Å². The van der Waals surface area contributed by atoms with Crippen LogP contribution in [-0.4, -0.2) is 35.0 Å². The lowest BCUT2D eigenvalue weighted by Crippen LogP contribution is -2.79. The minimum absolute atomic E-state index is 0.0109. The monoisotopic (exact) mass is 427 g/mol. The molecule has 4 heteroatoms. The molecule has 3 nitrogen and oxygen atoms in total. The Morgan fingerprint density at radius 3 is 1.45 bits per heavy atom. The molecule has 0 atom stereocenters. The average Bonchev–Trinajstić information content (AvgIpc) is 2.70. The van der Waals surface area contributed by atoms with Crippen molar-refractivity contribution in [3.63, 3.8) is 0 Å². The summed E-state index contributed by atoms with van der Waals surface area (Å²) in [4.78, 5) is 0. The molecule has 0 spiro atoms. The maximum atomic E-state index is 2.66. The molecule has 0 aliphatic carbocycles. The summed E-state index contributed by atoms with van der Waals surface area (Å²) in [5, 5.41) is 0. The maximum absolute atomic E-state index is 2.66. The third-order valence-corrected chi connectivity index (χ3v) is 8.91. The second-order valence-corrected chi connectivity index (χ2v) is 12.0. The Kier molecular flexibility index (Phi) is 5.52. The standard InChI is InChI=1S/C27H33N3Si/c1-26(2,3)29-25(22-16-10-7-11-17-22)30(27(4,5)6)31(29)28(23-18-12-8-13-19-23)24-20-14-9-15-21-24/h7-21H,1-6H3/q+1. The second kappa shape index (κ2) is 8.01. The van der Waals surface area contributed by atoms with Crippen LogP contribution in [0.5, 0.6) is 0 Å². The van der Waals surface area contributed by atoms with Gasteiger partial charge in [0.25, 0.3) is 5.84 Å². The number of rotatable bonds is 4. The molecule has 0 bridgehead atoms. The van der Waals surface area contributed by atoms with Crippen molar-refractivity contribution in [1.29, 1.82) is 0 Å². The van der Waals surface area contributed by atoms with Crippen LogP contribution in [0.1, 0.15) is 47.1 Å². The molecule has 0 saturated carbocycles. The predicted octanol–water partition coefficient (Wildman–Crippen LogP) is 6.18. The van der Waals surface area contributed by atoms with Gasteiger partial charge >= 0.3 is 9.28 Å². The van der Waals surface area contributed by atoms with Crippen molar-refractivity contribution in [2.45, 2.75) is 52.6 Å². The van der Waals surface area contributed by atoms with Crippen molar-refractivity contribution < 1.29 is 4.24 Å². The number of nitrogens with zero attached hydrogens (tertiary/aromatic N) is 3. The molecule has 4 rings (SSSR count). The summed E-state index contributed by atoms with van der Waals surface area (Å²) in [6.45, 7) is 14.0. The van der Waals surface area contributed by atoms with Crippen molar-refractivity contribution in [3.05, 3.63) is 96.6 Å². The Labute approximate surface area is 189 Å². The maximum Gasteiger partial charge on any atom is 0.707 e. The Hall–Kier alpha value is -2.85. The number of anilines is 2. The van der Waals surface area contributed by atoms with Crippen LogP contribution < -0.4 is 4.57 Å². The van der Waals surface area contributed by atoms with Gasteiger partial charge in [0.2, 0.25) is 0 Å². The summed E-state index contributed by atoms with van der Waals surface area (Å²) in [6, 6.07) is 32.5. The highest BCUT2D eigenvalue weighted by atomic mass is 28.3. The topological polar surface area (TPSA) is 9.49 Å². The van der Waals surface area contributed by atoms with E-state index in [-0.39, 0.29) is 11.1 Å². The molecule has 0 aromatic heterocycles. The zero-order valence-corrected chi connectivity index (χ0v) is 20.5. The molecule has 0 saturated heterocycles. The quantitative estimate of drug-likeness (QED) is 0.460. The fraction of sp³-hybridized carbons (Fsp3) is 0.296. The SMILES string of the molecule is CC(C)(C)N1C(c2ccccc2)=[N+](C(C)(C)C)[Si]1N(c1ccccc1)c1ccccc1. The van der Waals surface area contributed by atoms with Crippen LogP contribution in [-0.2, 0) is 0 Å². The van der Waals surface area contributed by atoms with E-state index in [9.17, 15) is 0 Å². The highest BCUT2D eigenvalue weighted by Crippen LogP contribution is 2.38. The molecule has 0 unspecified atom stereocenters. The molecule has 159 valence electrons. The van der Waals surface area contributed by atoms with Crippen LogP contribution in [0.4, 0.5) is 11.4 Å². The number of amidine groups is 1. The first kappa shape index (κ1) is 21.4. The summed E-state index contributed by atoms with van der Waals surface area (Å²) in [5.74, 6) is 1.33. The van der Waals surface area contributed by atoms with E-state index in [0.717, 1.165) is 0 Å². The van der Waals surface area contributed by atoms with E-state index in [0.29, 0.717) is 0 Å². The molecule has 1 heterocycles. The molecular formula is C27H33N3Si+. The van der Waals surface area contributed by atoms with Gasteiger partial charge in [-0.3, -0.25) is 4.57 Å². The Morgan fingerprint density at radius 2 is 1.06 bits per heavy atom. The summed E-state index contributed by atoms with van der Waals surface area (Å²) < 4.78 is 7.89. The van der Waals surface area contributed by atoms with Crippen molar-refractivity contribution >= 4 is 26.5 Å². The van der Waals surface area contributed by atoms with E-state index in [2.05, 4.69) is 146 Å². The van der Waals surface area contributed by atoms with E-state index >= 15 is 0 Å². The predicted molar refractivity (Wildman–Crippen MR) is 133 cm³/mol. The third-order valence-electron chi connectivity index (χ3n) is 5.43. The van der Waals surface area contributed by atoms with Gasteiger partial charge in [0, 0.05) is 11.4 Å². The first-order chi connectivity index (χ1) is 14.7. The van der Waals surface area contributed by atoms with Crippen LogP contribution in [0.3, 0.4) is 0 Å². The molecule has 3 aromatic carbocycles. The van der Waals surface area contributed by atoms with Gasteiger partial charge in [0.1, 0.15) is 0 Å². The molecule has 3 aromatic rings. The second-order valence-electron chi connectivity index (χ2n) is 10.0. The zero-order valence-electron chi connectivity index (χ0n) is 19.5. The lowest BCUT2D eigenvalue weighted by Gasteiger charge is -2.49. The van der Waals surface area contributed by atoms with Crippen LogP contribution in [0.2, 0.25) is 0 Å². The third kappa shape index (κ3) is 4.04. The highest BCUT2D eigenvalue weighted by molar-refractivity contribution is 6.62. The van der Waals surface area contributed by atoms with Crippen LogP contribution in [0.15, 0.2) is 91.0 Å². The van der Waals surface area contributed by atoms with Gasteiger partial charge in [-0.2, -0.15) is 0 Å². The number of hydrogen-bond donors (Lipinski definition) is 0. The fourth-order valence-electron chi connectivity index (χ4n) is 4.16. The Balaban J connectivity index is 1.98. The molecule has 1 radical (unpaired) electrons. The first-order valence-electron chi connectivity index (χ1n) is 11.0. The number of benzene rings is 3. The zero-order chi connectivity index (χ0) is 22.2. The van der Waals surface area contributed by atoms with E-state index in [1.54, 1.807) is 0 Å².